The van der Waals surface area contributed by atoms with Crippen molar-refractivity contribution in [2.75, 3.05) is 0 Å². The van der Waals surface area contributed by atoms with E-state index in [1.807, 2.05) is 10.9 Å². The van der Waals surface area contributed by atoms with Crippen LogP contribution in [0.3, 0.4) is 0 Å². The van der Waals surface area contributed by atoms with Crippen LogP contribution in [0.2, 0.25) is 0 Å². The van der Waals surface area contributed by atoms with Gasteiger partial charge in [0.2, 0.25) is 0 Å². The Bertz CT molecular complexity index is 46.0. The van der Waals surface area contributed by atoms with E-state index in [4.69, 9.17) is 5.41 Å². The van der Waals surface area contributed by atoms with Crippen LogP contribution in [0, 0.1) is 0 Å². The van der Waals surface area contributed by atoms with Crippen molar-refractivity contribution in [2.45, 2.75) is 0 Å². The van der Waals surface area contributed by atoms with Gasteiger partial charge < -0.3 is 16.3 Å². The predicted octanol–water partition coefficient (Wildman–Crippen LogP) is -2.16. The molecule has 39 valence electrons. The Hall–Kier alpha value is 0.294. The van der Waals surface area contributed by atoms with Gasteiger partial charge in [-0.3, -0.25) is 11.7 Å². The summed E-state index contributed by atoms with van der Waals surface area (Å²) < 4.78 is 0. The first-order chi connectivity index (χ1) is 2.81. The molecule has 5 nitrogen and oxygen atoms in total. The monoisotopic (exact) mass is 177 g/mol. The van der Waals surface area contributed by atoms with Gasteiger partial charge in [0.05, 0.1) is 0 Å². The number of hydrogen-bond acceptors (Lipinski definition) is 2. The molecule has 0 bridgehead atoms. The Kier molecular flexibility index (Phi) is 9.27. The molecule has 0 heterocycles. The van der Waals surface area contributed by atoms with Crippen molar-refractivity contribution in [3.05, 3.63) is 5.41 Å². The van der Waals surface area contributed by atoms with Gasteiger partial charge in [-0.05, 0) is 0 Å². The minimum Gasteiger partial charge on any atom is -0.387 e. The van der Waals surface area contributed by atoms with Crippen molar-refractivity contribution in [3.63, 3.8) is 0 Å². The number of hydrazine groups is 2. The molecule has 0 aromatic carbocycles. The third-order valence-electron chi connectivity index (χ3n) is 0.273. The molecule has 0 amide bonds. The third-order valence-corrected chi connectivity index (χ3v) is 0.273. The molecule has 1 radical (unpaired) electrons. The Labute approximate surface area is 66.5 Å². The summed E-state index contributed by atoms with van der Waals surface area (Å²) in [7, 11) is 0. The molecule has 0 atom stereocenters. The molecule has 6 N–H and O–H groups in total. The van der Waals surface area contributed by atoms with Gasteiger partial charge in [0.1, 0.15) is 0 Å². The average molecular weight is 177 g/mol. The van der Waals surface area contributed by atoms with Crippen LogP contribution in [-0.2, 0) is 32.7 Å². The predicted molar refractivity (Wildman–Crippen MR) is 23.0 cm³/mol. The Balaban J connectivity index is 0. The second-order valence-corrected chi connectivity index (χ2v) is 0.637. The van der Waals surface area contributed by atoms with Gasteiger partial charge >= 0.3 is 0 Å². The van der Waals surface area contributed by atoms with E-state index < -0.39 is 0 Å². The molecular formula is CH6N5Y-. The van der Waals surface area contributed by atoms with Gasteiger partial charge in [-0.15, -0.1) is 0 Å². The van der Waals surface area contributed by atoms with E-state index in [1.54, 1.807) is 0 Å². The summed E-state index contributed by atoms with van der Waals surface area (Å²) in [4.78, 5) is 0. The second kappa shape index (κ2) is 6.29. The first-order valence-corrected chi connectivity index (χ1v) is 1.30. The fourth-order valence-corrected chi connectivity index (χ4v) is 0.0417. The van der Waals surface area contributed by atoms with Crippen molar-refractivity contribution in [3.8, 4) is 0 Å². The van der Waals surface area contributed by atoms with Crippen LogP contribution in [0.4, 0.5) is 0 Å². The largest absolute Gasteiger partial charge is 0.387 e. The minimum absolute atomic E-state index is 0. The van der Waals surface area contributed by atoms with Crippen molar-refractivity contribution >= 4 is 5.96 Å². The fraction of sp³-hybridized carbons (Fsp3) is 0. The maximum absolute atomic E-state index is 8.11. The molecule has 0 fully saturated rings. The number of guanidine groups is 1. The summed E-state index contributed by atoms with van der Waals surface area (Å²) in [5, 5.41) is 8.11. The van der Waals surface area contributed by atoms with E-state index in [2.05, 4.69) is 11.7 Å². The molecule has 6 heteroatoms. The van der Waals surface area contributed by atoms with E-state index >= 15 is 0 Å². The molecule has 7 heavy (non-hydrogen) atoms. The summed E-state index contributed by atoms with van der Waals surface area (Å²) in [6, 6.07) is 0. The molecule has 0 aromatic rings. The molecule has 0 aromatic heterocycles. The normalized spacial score (nSPS) is 6.00. The molecule has 0 rings (SSSR count). The van der Waals surface area contributed by atoms with Gasteiger partial charge in [0.15, 0.2) is 0 Å². The summed E-state index contributed by atoms with van der Waals surface area (Å²) in [6.07, 6.45) is 0. The van der Waals surface area contributed by atoms with Gasteiger partial charge in [-0.1, -0.05) is 0 Å². The second-order valence-electron chi connectivity index (χ2n) is 0.637. The molecule has 0 unspecified atom stereocenters. The molecule has 0 aliphatic carbocycles. The fourth-order valence-electron chi connectivity index (χ4n) is 0.0417. The van der Waals surface area contributed by atoms with Crippen LogP contribution >= 0.6 is 0 Å². The topological polar surface area (TPSA) is 98.4 Å². The molecule has 0 saturated heterocycles. The number of hydrogen-bond donors (Lipinski definition) is 4. The Morgan fingerprint density at radius 3 is 1.57 bits per heavy atom. The zero-order chi connectivity index (χ0) is 4.99. The van der Waals surface area contributed by atoms with Crippen LogP contribution < -0.4 is 22.5 Å². The molecular weight excluding hydrogens is 171 g/mol. The van der Waals surface area contributed by atoms with Crippen molar-refractivity contribution in [1.82, 2.24) is 10.9 Å². The SMILES string of the molecule is [N-]=C(NN)NN.[Y]. The van der Waals surface area contributed by atoms with Crippen molar-refractivity contribution in [1.29, 1.82) is 0 Å². The zero-order valence-electron chi connectivity index (χ0n) is 3.68. The zero-order valence-corrected chi connectivity index (χ0v) is 6.52. The van der Waals surface area contributed by atoms with Gasteiger partial charge in [-0.25, -0.2) is 0 Å². The van der Waals surface area contributed by atoms with E-state index in [0.29, 0.717) is 0 Å². The molecule has 0 spiro atoms. The van der Waals surface area contributed by atoms with Crippen LogP contribution in [0.1, 0.15) is 0 Å². The van der Waals surface area contributed by atoms with Crippen LogP contribution in [0.5, 0.6) is 0 Å². The van der Waals surface area contributed by atoms with Crippen molar-refractivity contribution in [2.24, 2.45) is 11.7 Å². The Morgan fingerprint density at radius 1 is 1.29 bits per heavy atom. The number of nitrogens with one attached hydrogen (secondary N) is 2. The first-order valence-electron chi connectivity index (χ1n) is 1.30. The van der Waals surface area contributed by atoms with Gasteiger partial charge in [0.25, 0.3) is 0 Å². The average Bonchev–Trinajstić information content (AvgIpc) is 1.65. The van der Waals surface area contributed by atoms with Crippen LogP contribution in [-0.4, -0.2) is 5.96 Å². The number of rotatable bonds is 0. The van der Waals surface area contributed by atoms with Gasteiger partial charge in [0, 0.05) is 38.7 Å². The quantitative estimate of drug-likeness (QED) is 0.146. The third kappa shape index (κ3) is 6.29. The van der Waals surface area contributed by atoms with Crippen LogP contribution in [0.15, 0.2) is 0 Å². The Morgan fingerprint density at radius 2 is 1.57 bits per heavy atom. The van der Waals surface area contributed by atoms with E-state index in [-0.39, 0.29) is 38.7 Å². The van der Waals surface area contributed by atoms with Crippen molar-refractivity contribution < 1.29 is 32.7 Å². The van der Waals surface area contributed by atoms with Crippen LogP contribution in [0.25, 0.3) is 5.41 Å². The first kappa shape index (κ1) is 10.3. The number of nitrogens with zero attached hydrogens (tertiary/aromatic N) is 1. The number of nitrogens with two attached hydrogens (primary N) is 2. The van der Waals surface area contributed by atoms with E-state index in [0.717, 1.165) is 0 Å². The summed E-state index contributed by atoms with van der Waals surface area (Å²) in [6.45, 7) is 0. The smallest absolute Gasteiger partial charge is 0.0281 e. The molecule has 0 aliphatic rings. The molecule has 0 aliphatic heterocycles. The molecule has 0 saturated carbocycles. The van der Waals surface area contributed by atoms with E-state index in [9.17, 15) is 0 Å². The summed E-state index contributed by atoms with van der Waals surface area (Å²) in [5.74, 6) is 8.85. The standard InChI is InChI=1S/CH6N5.Y/c2-1(5-3)6-4;/h3-4H2,(H2-,2,5,6);/q-1;. The maximum Gasteiger partial charge on any atom is 0.0281 e. The minimum atomic E-state index is -0.352. The summed E-state index contributed by atoms with van der Waals surface area (Å²) >= 11 is 0. The maximum atomic E-state index is 8.11. The summed E-state index contributed by atoms with van der Waals surface area (Å²) in [5.41, 5.74) is 3.70. The van der Waals surface area contributed by atoms with E-state index in [1.165, 1.54) is 0 Å². The van der Waals surface area contributed by atoms with Gasteiger partial charge in [-0.2, -0.15) is 0 Å².